The van der Waals surface area contributed by atoms with Gasteiger partial charge in [-0.15, -0.1) is 23.1 Å². The Bertz CT molecular complexity index is 948. The first-order valence-electron chi connectivity index (χ1n) is 9.06. The van der Waals surface area contributed by atoms with Crippen molar-refractivity contribution >= 4 is 45.6 Å². The molecule has 1 unspecified atom stereocenters. The van der Waals surface area contributed by atoms with E-state index in [4.69, 9.17) is 5.73 Å². The van der Waals surface area contributed by atoms with Crippen molar-refractivity contribution < 1.29 is 9.59 Å². The number of nitriles is 1. The van der Waals surface area contributed by atoms with E-state index >= 15 is 0 Å². The van der Waals surface area contributed by atoms with Gasteiger partial charge in [-0.05, 0) is 36.6 Å². The zero-order valence-corrected chi connectivity index (χ0v) is 17.5. The van der Waals surface area contributed by atoms with Gasteiger partial charge < -0.3 is 16.0 Å². The van der Waals surface area contributed by atoms with E-state index in [-0.39, 0.29) is 17.1 Å². The number of nitrogens with two attached hydrogens (primary N) is 1. The molecule has 1 aliphatic rings. The van der Waals surface area contributed by atoms with Crippen molar-refractivity contribution in [1.29, 1.82) is 5.26 Å². The molecule has 28 heavy (non-hydrogen) atoms. The molecule has 2 amide bonds. The topological polar surface area (TPSA) is 99.2 Å². The second kappa shape index (κ2) is 8.67. The van der Waals surface area contributed by atoms with Gasteiger partial charge in [0, 0.05) is 28.9 Å². The number of carbonyl (C=O) groups excluding carboxylic acids is 2. The number of nitrogens with zero attached hydrogens (tertiary/aromatic N) is 2. The van der Waals surface area contributed by atoms with Crippen molar-refractivity contribution in [2.45, 2.75) is 43.4 Å². The van der Waals surface area contributed by atoms with E-state index in [9.17, 15) is 14.9 Å². The maximum atomic E-state index is 12.9. The number of carbonyl (C=O) groups is 2. The summed E-state index contributed by atoms with van der Waals surface area (Å²) in [7, 11) is 0. The van der Waals surface area contributed by atoms with E-state index in [1.807, 2.05) is 31.2 Å². The van der Waals surface area contributed by atoms with Gasteiger partial charge in [-0.25, -0.2) is 0 Å². The van der Waals surface area contributed by atoms with Crippen molar-refractivity contribution in [2.75, 3.05) is 17.6 Å². The predicted octanol–water partition coefficient (Wildman–Crippen LogP) is 3.62. The lowest BCUT2D eigenvalue weighted by molar-refractivity contribution is -0.129. The maximum Gasteiger partial charge on any atom is 0.238 e. The number of thioether (sulfide) groups is 1. The van der Waals surface area contributed by atoms with Gasteiger partial charge in [0.1, 0.15) is 11.1 Å². The summed E-state index contributed by atoms with van der Waals surface area (Å²) in [6.07, 6.45) is 1.29. The molecule has 146 valence electrons. The van der Waals surface area contributed by atoms with Crippen LogP contribution in [0, 0.1) is 11.3 Å². The monoisotopic (exact) mass is 414 g/mol. The molecule has 2 heterocycles. The van der Waals surface area contributed by atoms with E-state index in [1.54, 1.807) is 11.8 Å². The van der Waals surface area contributed by atoms with Crippen LogP contribution >= 0.6 is 23.1 Å². The number of thiophene rings is 1. The van der Waals surface area contributed by atoms with Crippen molar-refractivity contribution in [3.8, 4) is 6.07 Å². The number of hydrogen-bond donors (Lipinski definition) is 2. The average Bonchev–Trinajstić information content (AvgIpc) is 3.01. The van der Waals surface area contributed by atoms with Crippen molar-refractivity contribution in [3.05, 3.63) is 40.3 Å². The van der Waals surface area contributed by atoms with E-state index < -0.39 is 0 Å². The minimum atomic E-state index is -0.291. The number of amides is 2. The molecule has 0 bridgehead atoms. The normalized spacial score (nSPS) is 14.1. The highest BCUT2D eigenvalue weighted by atomic mass is 32.2. The molecule has 1 aliphatic heterocycles. The Morgan fingerprint density at radius 3 is 2.89 bits per heavy atom. The second-order valence-corrected chi connectivity index (χ2v) is 8.97. The third-order valence-electron chi connectivity index (χ3n) is 4.65. The van der Waals surface area contributed by atoms with Crippen LogP contribution in [0.25, 0.3) is 0 Å². The molecule has 2 aromatic rings. The Labute approximate surface area is 172 Å². The minimum Gasteiger partial charge on any atom is -0.399 e. The van der Waals surface area contributed by atoms with Gasteiger partial charge in [0.25, 0.3) is 0 Å². The largest absolute Gasteiger partial charge is 0.399 e. The molecule has 0 radical (unpaired) electrons. The van der Waals surface area contributed by atoms with Crippen LogP contribution in [0.5, 0.6) is 0 Å². The van der Waals surface area contributed by atoms with Gasteiger partial charge >= 0.3 is 0 Å². The number of rotatable bonds is 5. The fourth-order valence-electron chi connectivity index (χ4n) is 3.15. The summed E-state index contributed by atoms with van der Waals surface area (Å²) in [5.41, 5.74) is 7.97. The van der Waals surface area contributed by atoms with E-state index in [2.05, 4.69) is 11.4 Å². The third-order valence-corrected chi connectivity index (χ3v) is 7.14. The fourth-order valence-corrected chi connectivity index (χ4v) is 5.38. The molecule has 0 aliphatic carbocycles. The maximum absolute atomic E-state index is 12.9. The van der Waals surface area contributed by atoms with Crippen LogP contribution in [0.4, 0.5) is 10.7 Å². The Balaban J connectivity index is 1.78. The zero-order chi connectivity index (χ0) is 20.3. The molecular weight excluding hydrogens is 392 g/mol. The van der Waals surface area contributed by atoms with Gasteiger partial charge in [0.15, 0.2) is 0 Å². The van der Waals surface area contributed by atoms with E-state index in [0.717, 1.165) is 15.3 Å². The first-order chi connectivity index (χ1) is 13.4. The summed E-state index contributed by atoms with van der Waals surface area (Å²) in [6, 6.07) is 9.69. The summed E-state index contributed by atoms with van der Waals surface area (Å²) >= 11 is 2.85. The Hall–Kier alpha value is -2.50. The molecule has 1 aromatic heterocycles. The number of anilines is 2. The summed E-state index contributed by atoms with van der Waals surface area (Å²) in [6.45, 7) is 4.60. The van der Waals surface area contributed by atoms with Gasteiger partial charge in [0.05, 0.1) is 17.4 Å². The molecule has 0 fully saturated rings. The number of fused-ring (bicyclic) bond motifs is 1. The summed E-state index contributed by atoms with van der Waals surface area (Å²) < 4.78 is 0. The summed E-state index contributed by atoms with van der Waals surface area (Å²) in [5, 5.41) is 12.9. The highest BCUT2D eigenvalue weighted by Gasteiger charge is 2.27. The Morgan fingerprint density at radius 2 is 2.25 bits per heavy atom. The summed E-state index contributed by atoms with van der Waals surface area (Å²) in [4.78, 5) is 28.2. The summed E-state index contributed by atoms with van der Waals surface area (Å²) in [5.74, 6) is -0.110. The van der Waals surface area contributed by atoms with Crippen LogP contribution in [0.15, 0.2) is 29.2 Å². The Morgan fingerprint density at radius 1 is 1.46 bits per heavy atom. The lowest BCUT2D eigenvalue weighted by Gasteiger charge is -2.25. The first-order valence-corrected chi connectivity index (χ1v) is 10.8. The quantitative estimate of drug-likeness (QED) is 0.575. The fraction of sp³-hybridized carbons (Fsp3) is 0.350. The molecule has 3 N–H and O–H groups in total. The van der Waals surface area contributed by atoms with Crippen LogP contribution in [0.1, 0.15) is 36.3 Å². The van der Waals surface area contributed by atoms with Gasteiger partial charge in [-0.3, -0.25) is 9.59 Å². The molecular formula is C20H22N4O2S2. The molecule has 0 saturated carbocycles. The molecule has 1 aromatic carbocycles. The van der Waals surface area contributed by atoms with Crippen LogP contribution < -0.4 is 11.1 Å². The van der Waals surface area contributed by atoms with Crippen molar-refractivity contribution in [2.24, 2.45) is 0 Å². The Kier molecular flexibility index (Phi) is 6.27. The lowest BCUT2D eigenvalue weighted by atomic mass is 10.0. The lowest BCUT2D eigenvalue weighted by Crippen LogP contribution is -2.33. The highest BCUT2D eigenvalue weighted by molar-refractivity contribution is 8.00. The van der Waals surface area contributed by atoms with Gasteiger partial charge in [-0.2, -0.15) is 5.26 Å². The zero-order valence-electron chi connectivity index (χ0n) is 15.8. The van der Waals surface area contributed by atoms with Crippen LogP contribution in [0.3, 0.4) is 0 Å². The van der Waals surface area contributed by atoms with Crippen LogP contribution in [-0.4, -0.2) is 28.5 Å². The van der Waals surface area contributed by atoms with Crippen LogP contribution in [-0.2, 0) is 22.6 Å². The average molecular weight is 415 g/mol. The highest BCUT2D eigenvalue weighted by Crippen LogP contribution is 2.37. The van der Waals surface area contributed by atoms with Crippen molar-refractivity contribution in [1.82, 2.24) is 4.90 Å². The third kappa shape index (κ3) is 4.32. The van der Waals surface area contributed by atoms with Gasteiger partial charge in [-0.1, -0.05) is 13.0 Å². The number of nitrogen functional groups attached to an aromatic ring is 1. The smallest absolute Gasteiger partial charge is 0.238 e. The van der Waals surface area contributed by atoms with E-state index in [1.165, 1.54) is 23.1 Å². The standard InChI is InChI=1S/C20H22N4O2S2/c1-3-17(27-14-6-4-5-13(22)9-14)19(26)23-20-16(10-21)15-7-8-24(12(2)25)11-18(15)28-20/h4-6,9,17H,3,7-8,11,22H2,1-2H3,(H,23,26). The first kappa shape index (κ1) is 20.2. The van der Waals surface area contributed by atoms with Crippen LogP contribution in [0.2, 0.25) is 0 Å². The predicted molar refractivity (Wildman–Crippen MR) is 113 cm³/mol. The molecule has 0 spiro atoms. The number of hydrogen-bond acceptors (Lipinski definition) is 6. The number of benzene rings is 1. The minimum absolute atomic E-state index is 0.0210. The van der Waals surface area contributed by atoms with Gasteiger partial charge in [0.2, 0.25) is 11.8 Å². The molecule has 0 saturated heterocycles. The molecule has 6 nitrogen and oxygen atoms in total. The second-order valence-electron chi connectivity index (χ2n) is 6.59. The SMILES string of the molecule is CCC(Sc1cccc(N)c1)C(=O)Nc1sc2c(c1C#N)CCN(C(C)=O)C2. The molecule has 3 rings (SSSR count). The molecule has 1 atom stereocenters. The number of nitrogens with one attached hydrogen (secondary N) is 1. The molecule has 8 heteroatoms. The van der Waals surface area contributed by atoms with Crippen molar-refractivity contribution in [3.63, 3.8) is 0 Å². The van der Waals surface area contributed by atoms with E-state index in [0.29, 0.717) is 42.2 Å².